The summed E-state index contributed by atoms with van der Waals surface area (Å²) in [5.41, 5.74) is 3.97. The van der Waals surface area contributed by atoms with Gasteiger partial charge in [-0.15, -0.1) is 0 Å². The molecule has 4 rings (SSSR count). The topological polar surface area (TPSA) is 70.7 Å². The van der Waals surface area contributed by atoms with Crippen LogP contribution >= 0.6 is 0 Å². The number of likely N-dealkylation sites (N-methyl/N-ethyl adjacent to an activating group) is 1. The van der Waals surface area contributed by atoms with Gasteiger partial charge < -0.3 is 20.3 Å². The Morgan fingerprint density at radius 2 is 1.69 bits per heavy atom. The van der Waals surface area contributed by atoms with E-state index in [1.54, 1.807) is 19.2 Å². The number of rotatable bonds is 9. The van der Waals surface area contributed by atoms with Crippen LogP contribution in [-0.2, 0) is 17.8 Å². The number of carbonyl (C=O) groups excluding carboxylic acids is 2. The van der Waals surface area contributed by atoms with Crippen LogP contribution in [0.15, 0.2) is 78.9 Å². The summed E-state index contributed by atoms with van der Waals surface area (Å²) in [6, 6.07) is 25.4. The molecular formula is C29H33N3O3. The Labute approximate surface area is 207 Å². The number of benzene rings is 3. The van der Waals surface area contributed by atoms with Crippen molar-refractivity contribution < 1.29 is 14.3 Å². The maximum Gasteiger partial charge on any atom is 0.251 e. The Morgan fingerprint density at radius 3 is 2.43 bits per heavy atom. The first-order valence-electron chi connectivity index (χ1n) is 12.0. The number of nitrogens with one attached hydrogen (secondary N) is 2. The van der Waals surface area contributed by atoms with E-state index in [-0.39, 0.29) is 23.7 Å². The van der Waals surface area contributed by atoms with E-state index in [0.717, 1.165) is 42.0 Å². The van der Waals surface area contributed by atoms with E-state index in [0.29, 0.717) is 18.7 Å². The van der Waals surface area contributed by atoms with Gasteiger partial charge >= 0.3 is 0 Å². The molecule has 3 aromatic rings. The van der Waals surface area contributed by atoms with Crippen LogP contribution in [0.5, 0.6) is 5.75 Å². The molecule has 35 heavy (non-hydrogen) atoms. The maximum atomic E-state index is 13.1. The van der Waals surface area contributed by atoms with Crippen LogP contribution in [0.2, 0.25) is 0 Å². The molecule has 2 amide bonds. The monoisotopic (exact) mass is 471 g/mol. The van der Waals surface area contributed by atoms with Crippen molar-refractivity contribution in [2.24, 2.45) is 5.92 Å². The van der Waals surface area contributed by atoms with Crippen LogP contribution < -0.4 is 15.4 Å². The van der Waals surface area contributed by atoms with Gasteiger partial charge in [0.15, 0.2) is 0 Å². The van der Waals surface area contributed by atoms with Gasteiger partial charge in [0, 0.05) is 37.7 Å². The van der Waals surface area contributed by atoms with Crippen LogP contribution in [0.1, 0.15) is 33.0 Å². The van der Waals surface area contributed by atoms with Crippen molar-refractivity contribution in [3.8, 4) is 5.75 Å². The van der Waals surface area contributed by atoms with Crippen molar-refractivity contribution in [1.29, 1.82) is 0 Å². The van der Waals surface area contributed by atoms with E-state index in [4.69, 9.17) is 4.74 Å². The van der Waals surface area contributed by atoms with Gasteiger partial charge in [0.2, 0.25) is 5.91 Å². The maximum absolute atomic E-state index is 13.1. The summed E-state index contributed by atoms with van der Waals surface area (Å²) < 4.78 is 5.20. The minimum Gasteiger partial charge on any atom is -0.497 e. The Balaban J connectivity index is 1.35. The molecule has 1 fully saturated rings. The third-order valence-electron chi connectivity index (χ3n) is 6.58. The quantitative estimate of drug-likeness (QED) is 0.500. The van der Waals surface area contributed by atoms with E-state index in [2.05, 4.69) is 34.7 Å². The van der Waals surface area contributed by atoms with E-state index in [1.807, 2.05) is 54.6 Å². The van der Waals surface area contributed by atoms with Crippen LogP contribution in [0, 0.1) is 5.92 Å². The molecule has 1 heterocycles. The Morgan fingerprint density at radius 1 is 0.914 bits per heavy atom. The van der Waals surface area contributed by atoms with Crippen molar-refractivity contribution in [2.45, 2.75) is 18.9 Å². The Hall–Kier alpha value is -3.64. The SMILES string of the molecule is COc1ccc(CCNC(=O)[C@H]2CN(C)C[C@@H]2c2cccc(CNC(=O)c3ccccc3)c2)cc1. The predicted octanol–water partition coefficient (Wildman–Crippen LogP) is 3.63. The third kappa shape index (κ3) is 6.49. The van der Waals surface area contributed by atoms with Gasteiger partial charge in [-0.3, -0.25) is 9.59 Å². The highest BCUT2D eigenvalue weighted by molar-refractivity contribution is 5.94. The molecule has 0 radical (unpaired) electrons. The van der Waals surface area contributed by atoms with Crippen molar-refractivity contribution in [1.82, 2.24) is 15.5 Å². The van der Waals surface area contributed by atoms with Crippen molar-refractivity contribution in [3.63, 3.8) is 0 Å². The molecule has 182 valence electrons. The van der Waals surface area contributed by atoms with Gasteiger partial charge in [0.25, 0.3) is 5.91 Å². The minimum absolute atomic E-state index is 0.0919. The Kier molecular flexibility index (Phi) is 8.16. The second kappa shape index (κ2) is 11.7. The normalized spacial score (nSPS) is 17.7. The summed E-state index contributed by atoms with van der Waals surface area (Å²) in [7, 11) is 3.71. The molecule has 0 unspecified atom stereocenters. The lowest BCUT2D eigenvalue weighted by Gasteiger charge is -2.19. The number of likely N-dealkylation sites (tertiary alicyclic amines) is 1. The summed E-state index contributed by atoms with van der Waals surface area (Å²) in [4.78, 5) is 27.7. The molecule has 6 heteroatoms. The Bertz CT molecular complexity index is 1130. The van der Waals surface area contributed by atoms with Gasteiger partial charge in [0.1, 0.15) is 5.75 Å². The summed E-state index contributed by atoms with van der Waals surface area (Å²) in [5.74, 6) is 0.841. The average Bonchev–Trinajstić information content (AvgIpc) is 3.30. The lowest BCUT2D eigenvalue weighted by molar-refractivity contribution is -0.124. The molecule has 1 saturated heterocycles. The van der Waals surface area contributed by atoms with Crippen molar-refractivity contribution >= 4 is 11.8 Å². The number of carbonyl (C=O) groups is 2. The smallest absolute Gasteiger partial charge is 0.251 e. The van der Waals surface area contributed by atoms with Crippen LogP contribution in [0.3, 0.4) is 0 Å². The van der Waals surface area contributed by atoms with Crippen LogP contribution in [0.25, 0.3) is 0 Å². The second-order valence-electron chi connectivity index (χ2n) is 9.12. The van der Waals surface area contributed by atoms with Gasteiger partial charge in [-0.2, -0.15) is 0 Å². The lowest BCUT2D eigenvalue weighted by Crippen LogP contribution is -2.35. The number of amides is 2. The van der Waals surface area contributed by atoms with Gasteiger partial charge in [-0.1, -0.05) is 54.6 Å². The number of ether oxygens (including phenoxy) is 1. The highest BCUT2D eigenvalue weighted by atomic mass is 16.5. The zero-order chi connectivity index (χ0) is 24.6. The van der Waals surface area contributed by atoms with Gasteiger partial charge in [-0.05, 0) is 54.4 Å². The molecule has 0 bridgehead atoms. The molecule has 1 aliphatic rings. The standard InChI is InChI=1S/C29H33N3O3/c1-32-19-26(27(20-32)29(34)30-16-15-21-11-13-25(35-2)14-12-21)24-10-6-7-22(17-24)18-31-28(33)23-8-4-3-5-9-23/h3-14,17,26-27H,15-16,18-20H2,1-2H3,(H,30,34)(H,31,33)/t26-,27+/m1/s1. The average molecular weight is 472 g/mol. The molecule has 6 nitrogen and oxygen atoms in total. The van der Waals surface area contributed by atoms with E-state index < -0.39 is 0 Å². The summed E-state index contributed by atoms with van der Waals surface area (Å²) >= 11 is 0. The number of nitrogens with zero attached hydrogens (tertiary/aromatic N) is 1. The number of hydrogen-bond acceptors (Lipinski definition) is 4. The number of methoxy groups -OCH3 is 1. The van der Waals surface area contributed by atoms with Crippen molar-refractivity contribution in [3.05, 3.63) is 101 Å². The zero-order valence-electron chi connectivity index (χ0n) is 20.4. The van der Waals surface area contributed by atoms with Crippen LogP contribution in [0.4, 0.5) is 0 Å². The van der Waals surface area contributed by atoms with Crippen molar-refractivity contribution in [2.75, 3.05) is 33.8 Å². The molecular weight excluding hydrogens is 438 g/mol. The van der Waals surface area contributed by atoms with Gasteiger partial charge in [0.05, 0.1) is 13.0 Å². The molecule has 0 aliphatic carbocycles. The summed E-state index contributed by atoms with van der Waals surface area (Å²) in [6.07, 6.45) is 0.777. The van der Waals surface area contributed by atoms with E-state index in [1.165, 1.54) is 0 Å². The first-order chi connectivity index (χ1) is 17.0. The summed E-state index contributed by atoms with van der Waals surface area (Å²) in [6.45, 7) is 2.61. The van der Waals surface area contributed by atoms with E-state index >= 15 is 0 Å². The molecule has 0 aromatic heterocycles. The molecule has 2 atom stereocenters. The fraction of sp³-hybridized carbons (Fsp3) is 0.310. The fourth-order valence-electron chi connectivity index (χ4n) is 4.66. The fourth-order valence-corrected chi connectivity index (χ4v) is 4.66. The highest BCUT2D eigenvalue weighted by Gasteiger charge is 2.36. The zero-order valence-corrected chi connectivity index (χ0v) is 20.4. The third-order valence-corrected chi connectivity index (χ3v) is 6.58. The lowest BCUT2D eigenvalue weighted by atomic mass is 9.87. The first-order valence-corrected chi connectivity index (χ1v) is 12.0. The van der Waals surface area contributed by atoms with Crippen LogP contribution in [-0.4, -0.2) is 50.5 Å². The second-order valence-corrected chi connectivity index (χ2v) is 9.12. The summed E-state index contributed by atoms with van der Waals surface area (Å²) in [5, 5.41) is 6.13. The minimum atomic E-state index is -0.106. The molecule has 3 aromatic carbocycles. The van der Waals surface area contributed by atoms with E-state index in [9.17, 15) is 9.59 Å². The molecule has 2 N–H and O–H groups in total. The highest BCUT2D eigenvalue weighted by Crippen LogP contribution is 2.32. The van der Waals surface area contributed by atoms with Gasteiger partial charge in [-0.25, -0.2) is 0 Å². The molecule has 0 spiro atoms. The largest absolute Gasteiger partial charge is 0.497 e. The first kappa shape index (κ1) is 24.5. The predicted molar refractivity (Wildman–Crippen MR) is 137 cm³/mol. The number of hydrogen-bond donors (Lipinski definition) is 2. The molecule has 1 aliphatic heterocycles. The molecule has 0 saturated carbocycles.